The quantitative estimate of drug-likeness (QED) is 0.469. The van der Waals surface area contributed by atoms with E-state index in [4.69, 9.17) is 4.74 Å². The average molecular weight is 389 g/mol. The number of H-pyrrole nitrogens is 1. The maximum absolute atomic E-state index is 11.3. The van der Waals surface area contributed by atoms with Gasteiger partial charge in [0.05, 0.1) is 17.1 Å². The number of carboxylic acids is 1. The van der Waals surface area contributed by atoms with E-state index in [1.165, 1.54) is 13.1 Å². The van der Waals surface area contributed by atoms with E-state index in [0.29, 0.717) is 17.0 Å². The Morgan fingerprint density at radius 2 is 1.97 bits per heavy atom. The summed E-state index contributed by atoms with van der Waals surface area (Å²) in [6.45, 7) is 3.42. The first-order valence-electron chi connectivity index (χ1n) is 9.11. The Hall–Kier alpha value is -3.87. The highest BCUT2D eigenvalue weighted by molar-refractivity contribution is 6.03. The van der Waals surface area contributed by atoms with Gasteiger partial charge in [-0.25, -0.2) is 9.78 Å². The first-order chi connectivity index (χ1) is 13.9. The summed E-state index contributed by atoms with van der Waals surface area (Å²) >= 11 is 0. The Labute approximate surface area is 166 Å². The number of pyridine rings is 1. The van der Waals surface area contributed by atoms with Gasteiger partial charge in [0, 0.05) is 35.5 Å². The Morgan fingerprint density at radius 3 is 2.72 bits per heavy atom. The van der Waals surface area contributed by atoms with Crippen LogP contribution in [0.4, 0.5) is 0 Å². The van der Waals surface area contributed by atoms with Gasteiger partial charge in [-0.2, -0.15) is 0 Å². The minimum atomic E-state index is -0.999. The zero-order chi connectivity index (χ0) is 20.5. The number of fused-ring (bicyclic) bond motifs is 2. The normalized spacial score (nSPS) is 12.1. The number of rotatable bonds is 5. The van der Waals surface area contributed by atoms with Gasteiger partial charge in [-0.1, -0.05) is 6.07 Å². The van der Waals surface area contributed by atoms with E-state index in [2.05, 4.69) is 15.3 Å². The predicted octanol–water partition coefficient (Wildman–Crippen LogP) is 4.40. The first-order valence-corrected chi connectivity index (χ1v) is 9.11. The highest BCUT2D eigenvalue weighted by Gasteiger charge is 2.12. The average Bonchev–Trinajstić information content (AvgIpc) is 3.10. The Kier molecular flexibility index (Phi) is 4.64. The van der Waals surface area contributed by atoms with Crippen molar-refractivity contribution < 1.29 is 19.4 Å². The lowest BCUT2D eigenvalue weighted by atomic mass is 10.1. The highest BCUT2D eigenvalue weighted by Crippen LogP contribution is 2.28. The molecule has 0 spiro atoms. The number of aromatic carboxylic acids is 1. The molecule has 2 aromatic carbocycles. The van der Waals surface area contributed by atoms with Crippen molar-refractivity contribution in [2.75, 3.05) is 0 Å². The van der Waals surface area contributed by atoms with Crippen molar-refractivity contribution in [3.8, 4) is 11.6 Å². The molecule has 0 aliphatic heterocycles. The predicted molar refractivity (Wildman–Crippen MR) is 109 cm³/mol. The molecule has 7 heteroatoms. The third-order valence-electron chi connectivity index (χ3n) is 4.71. The number of ether oxygens (including phenoxy) is 1. The fourth-order valence-corrected chi connectivity index (χ4v) is 3.30. The van der Waals surface area contributed by atoms with Crippen molar-refractivity contribution in [3.05, 3.63) is 65.9 Å². The fourth-order valence-electron chi connectivity index (χ4n) is 3.30. The molecule has 2 aromatic heterocycles. The van der Waals surface area contributed by atoms with E-state index in [-0.39, 0.29) is 17.5 Å². The number of hydrogen-bond donors (Lipinski definition) is 3. The van der Waals surface area contributed by atoms with Gasteiger partial charge in [-0.15, -0.1) is 0 Å². The first kappa shape index (κ1) is 18.5. The van der Waals surface area contributed by atoms with Crippen LogP contribution in [0, 0.1) is 0 Å². The van der Waals surface area contributed by atoms with Crippen LogP contribution in [0.2, 0.25) is 0 Å². The monoisotopic (exact) mass is 389 g/mol. The molecule has 1 atom stereocenters. The van der Waals surface area contributed by atoms with Crippen molar-refractivity contribution in [1.82, 2.24) is 15.3 Å². The lowest BCUT2D eigenvalue weighted by Crippen LogP contribution is -2.23. The van der Waals surface area contributed by atoms with Crippen LogP contribution in [-0.4, -0.2) is 27.0 Å². The summed E-state index contributed by atoms with van der Waals surface area (Å²) in [6.07, 6.45) is 1.46. The zero-order valence-corrected chi connectivity index (χ0v) is 15.9. The molecule has 3 N–H and O–H groups in total. The lowest BCUT2D eigenvalue weighted by molar-refractivity contribution is -0.119. The lowest BCUT2D eigenvalue weighted by Gasteiger charge is -2.13. The third kappa shape index (κ3) is 3.75. The minimum Gasteiger partial charge on any atom is -0.478 e. The number of nitrogens with zero attached hydrogens (tertiary/aromatic N) is 1. The largest absolute Gasteiger partial charge is 0.478 e. The summed E-state index contributed by atoms with van der Waals surface area (Å²) in [5.74, 6) is -0.166. The smallest absolute Gasteiger partial charge is 0.337 e. The molecule has 0 bridgehead atoms. The number of aromatic nitrogens is 2. The van der Waals surface area contributed by atoms with Gasteiger partial charge in [0.1, 0.15) is 5.75 Å². The van der Waals surface area contributed by atoms with Crippen LogP contribution < -0.4 is 10.1 Å². The van der Waals surface area contributed by atoms with Gasteiger partial charge in [-0.3, -0.25) is 4.79 Å². The number of carbonyl (C=O) groups excluding carboxylic acids is 1. The molecular weight excluding hydrogens is 370 g/mol. The number of amides is 1. The van der Waals surface area contributed by atoms with Gasteiger partial charge in [0.15, 0.2) is 0 Å². The molecule has 0 saturated heterocycles. The van der Waals surface area contributed by atoms with E-state index < -0.39 is 5.97 Å². The summed E-state index contributed by atoms with van der Waals surface area (Å²) in [6, 6.07) is 14.6. The molecule has 0 saturated carbocycles. The van der Waals surface area contributed by atoms with Gasteiger partial charge < -0.3 is 20.1 Å². The Morgan fingerprint density at radius 1 is 1.14 bits per heavy atom. The second-order valence-corrected chi connectivity index (χ2v) is 6.84. The van der Waals surface area contributed by atoms with Crippen LogP contribution in [0.5, 0.6) is 11.6 Å². The molecule has 0 aliphatic rings. The molecule has 0 fully saturated rings. The molecule has 2 heterocycles. The van der Waals surface area contributed by atoms with Gasteiger partial charge >= 0.3 is 5.97 Å². The molecule has 4 aromatic rings. The fraction of sp³-hybridized carbons (Fsp3) is 0.136. The maximum Gasteiger partial charge on any atom is 0.337 e. The number of nitrogens with one attached hydrogen (secondary N) is 2. The SMILES string of the molecule is CC(=O)NC(C)c1ccc2nc(Oc3ccc4[nH]cc(C(=O)O)c4c3)ccc2c1. The van der Waals surface area contributed by atoms with E-state index in [0.717, 1.165) is 22.0 Å². The molecule has 7 nitrogen and oxygen atoms in total. The third-order valence-corrected chi connectivity index (χ3v) is 4.71. The van der Waals surface area contributed by atoms with E-state index >= 15 is 0 Å². The maximum atomic E-state index is 11.3. The molecular formula is C22H19N3O4. The van der Waals surface area contributed by atoms with Gasteiger partial charge in [-0.05, 0) is 48.9 Å². The topological polar surface area (TPSA) is 104 Å². The number of hydrogen-bond acceptors (Lipinski definition) is 4. The molecule has 29 heavy (non-hydrogen) atoms. The van der Waals surface area contributed by atoms with Crippen LogP contribution in [0.1, 0.15) is 35.8 Å². The van der Waals surface area contributed by atoms with Crippen molar-refractivity contribution in [2.24, 2.45) is 0 Å². The second-order valence-electron chi connectivity index (χ2n) is 6.84. The van der Waals surface area contributed by atoms with Crippen molar-refractivity contribution in [3.63, 3.8) is 0 Å². The molecule has 1 unspecified atom stereocenters. The standard InChI is InChI=1S/C22H19N3O4/c1-12(24-13(2)26)14-3-6-19-15(9-14)4-8-21(25-19)29-16-5-7-20-17(10-16)18(11-23-20)22(27)28/h3-12,23H,1-2H3,(H,24,26)(H,27,28). The van der Waals surface area contributed by atoms with Crippen molar-refractivity contribution >= 4 is 33.7 Å². The molecule has 0 radical (unpaired) electrons. The van der Waals surface area contributed by atoms with Crippen LogP contribution in [-0.2, 0) is 4.79 Å². The number of carbonyl (C=O) groups is 2. The molecule has 146 valence electrons. The Balaban J connectivity index is 1.61. The van der Waals surface area contributed by atoms with E-state index in [1.54, 1.807) is 24.3 Å². The summed E-state index contributed by atoms with van der Waals surface area (Å²) in [7, 11) is 0. The van der Waals surface area contributed by atoms with Crippen LogP contribution in [0.15, 0.2) is 54.7 Å². The number of aromatic amines is 1. The molecule has 4 rings (SSSR count). The summed E-state index contributed by atoms with van der Waals surface area (Å²) < 4.78 is 5.85. The van der Waals surface area contributed by atoms with Crippen LogP contribution >= 0.6 is 0 Å². The summed E-state index contributed by atoms with van der Waals surface area (Å²) in [5.41, 5.74) is 2.66. The van der Waals surface area contributed by atoms with E-state index in [1.807, 2.05) is 31.2 Å². The van der Waals surface area contributed by atoms with Gasteiger partial charge in [0.2, 0.25) is 11.8 Å². The summed E-state index contributed by atoms with van der Waals surface area (Å²) in [5, 5.41) is 13.7. The molecule has 0 aliphatic carbocycles. The highest BCUT2D eigenvalue weighted by atomic mass is 16.5. The Bertz CT molecular complexity index is 1250. The van der Waals surface area contributed by atoms with Crippen LogP contribution in [0.25, 0.3) is 21.8 Å². The number of carboxylic acid groups (broad SMARTS) is 1. The van der Waals surface area contributed by atoms with Crippen molar-refractivity contribution in [1.29, 1.82) is 0 Å². The van der Waals surface area contributed by atoms with Crippen molar-refractivity contribution in [2.45, 2.75) is 19.9 Å². The summed E-state index contributed by atoms with van der Waals surface area (Å²) in [4.78, 5) is 30.0. The van der Waals surface area contributed by atoms with E-state index in [9.17, 15) is 14.7 Å². The second kappa shape index (κ2) is 7.27. The molecule has 1 amide bonds. The number of benzene rings is 2. The zero-order valence-electron chi connectivity index (χ0n) is 15.9. The van der Waals surface area contributed by atoms with Crippen LogP contribution in [0.3, 0.4) is 0 Å². The minimum absolute atomic E-state index is 0.0788. The van der Waals surface area contributed by atoms with Gasteiger partial charge in [0.25, 0.3) is 0 Å².